The summed E-state index contributed by atoms with van der Waals surface area (Å²) < 4.78 is 5.44. The Hall–Kier alpha value is -2.14. The van der Waals surface area contributed by atoms with Crippen LogP contribution in [0.15, 0.2) is 62.6 Å². The van der Waals surface area contributed by atoms with Gasteiger partial charge in [-0.2, -0.15) is 5.26 Å². The molecule has 2 aromatic rings. The fraction of sp³-hybridized carbons (Fsp3) is 0.300. The molecule has 2 aliphatic heterocycles. The van der Waals surface area contributed by atoms with Crippen LogP contribution in [0, 0.1) is 11.3 Å². The van der Waals surface area contributed by atoms with Gasteiger partial charge in [-0.1, -0.05) is 12.1 Å². The molecule has 0 radical (unpaired) electrons. The highest BCUT2D eigenvalue weighted by Crippen LogP contribution is 2.40. The van der Waals surface area contributed by atoms with E-state index < -0.39 is 0 Å². The van der Waals surface area contributed by atoms with Crippen LogP contribution in [0.2, 0.25) is 0 Å². The van der Waals surface area contributed by atoms with E-state index in [9.17, 15) is 10.1 Å². The Kier molecular flexibility index (Phi) is 5.30. The molecule has 1 fully saturated rings. The molecule has 2 aliphatic rings. The van der Waals surface area contributed by atoms with Gasteiger partial charge in [0.1, 0.15) is 17.5 Å². The number of allylic oxidation sites excluding steroid dienone is 1. The van der Waals surface area contributed by atoms with Crippen LogP contribution in [-0.4, -0.2) is 29.6 Å². The molecule has 27 heavy (non-hydrogen) atoms. The van der Waals surface area contributed by atoms with Gasteiger partial charge in [-0.15, -0.1) is 11.8 Å². The average Bonchev–Trinajstić information content (AvgIpc) is 3.21. The summed E-state index contributed by atoms with van der Waals surface area (Å²) in [4.78, 5) is 17.1. The van der Waals surface area contributed by atoms with Crippen molar-refractivity contribution in [2.75, 3.05) is 18.8 Å². The van der Waals surface area contributed by atoms with Crippen LogP contribution >= 0.6 is 23.5 Å². The third kappa shape index (κ3) is 3.65. The maximum absolute atomic E-state index is 12.9. The zero-order valence-corrected chi connectivity index (χ0v) is 16.6. The van der Waals surface area contributed by atoms with Gasteiger partial charge >= 0.3 is 0 Å². The number of carbonyl (C=O) groups excluding carboxylic acids is 1. The summed E-state index contributed by atoms with van der Waals surface area (Å²) in [5, 5.41) is 10.7. The molecule has 5 nitrogen and oxygen atoms in total. The van der Waals surface area contributed by atoms with Crippen molar-refractivity contribution in [2.24, 2.45) is 0 Å². The lowest BCUT2D eigenvalue weighted by Gasteiger charge is -2.38. The molecular formula is C20H20N3O2S2+. The van der Waals surface area contributed by atoms with Crippen molar-refractivity contribution < 1.29 is 14.1 Å². The second-order valence-electron chi connectivity index (χ2n) is 6.64. The summed E-state index contributed by atoms with van der Waals surface area (Å²) in [5.74, 6) is 1.66. The predicted molar refractivity (Wildman–Crippen MR) is 106 cm³/mol. The summed E-state index contributed by atoms with van der Waals surface area (Å²) in [6.07, 6.45) is 4.05. The average molecular weight is 399 g/mol. The molecule has 1 amide bonds. The fourth-order valence-corrected chi connectivity index (χ4v) is 5.17. The summed E-state index contributed by atoms with van der Waals surface area (Å²) in [5.41, 5.74) is 1.75. The van der Waals surface area contributed by atoms with Crippen molar-refractivity contribution in [2.45, 2.75) is 23.8 Å². The molecule has 1 N–H and O–H groups in total. The van der Waals surface area contributed by atoms with Gasteiger partial charge in [-0.3, -0.25) is 9.69 Å². The highest BCUT2D eigenvalue weighted by Gasteiger charge is 2.40. The Labute approximate surface area is 167 Å². The number of thioether (sulfide) groups is 2. The quantitative estimate of drug-likeness (QED) is 0.803. The van der Waals surface area contributed by atoms with Gasteiger partial charge in [-0.05, 0) is 47.8 Å². The molecule has 1 unspecified atom stereocenters. The number of nitrogens with one attached hydrogen (secondary N) is 1. The molecular weight excluding hydrogens is 378 g/mol. The van der Waals surface area contributed by atoms with E-state index >= 15 is 0 Å². The van der Waals surface area contributed by atoms with E-state index in [4.69, 9.17) is 4.42 Å². The summed E-state index contributed by atoms with van der Waals surface area (Å²) in [7, 11) is 0. The first kappa shape index (κ1) is 18.2. The lowest BCUT2D eigenvalue weighted by atomic mass is 9.86. The maximum Gasteiger partial charge on any atom is 0.232 e. The van der Waals surface area contributed by atoms with Crippen molar-refractivity contribution in [3.05, 3.63) is 64.6 Å². The lowest BCUT2D eigenvalue weighted by molar-refractivity contribution is -0.911. The van der Waals surface area contributed by atoms with Crippen LogP contribution in [0.3, 0.4) is 0 Å². The zero-order valence-electron chi connectivity index (χ0n) is 15.0. The number of amides is 1. The summed E-state index contributed by atoms with van der Waals surface area (Å²) in [6, 6.07) is 14.4. The molecule has 0 aliphatic carbocycles. The molecule has 1 aromatic heterocycles. The third-order valence-electron chi connectivity index (χ3n) is 4.94. The predicted octanol–water partition coefficient (Wildman–Crippen LogP) is 2.80. The normalized spacial score (nSPS) is 22.5. The molecule has 3 heterocycles. The molecule has 0 bridgehead atoms. The standard InChI is InChI=1S/C20H19N3O2S2/c1-26-16-6-4-14(5-7-16)17-9-19(24)23-12-22(11-15-3-2-8-25-15)13-27-20(23)18(17)10-21/h2-8,17H,9,11-13H2,1H3/p+1/t17-/m1/s1. The highest BCUT2D eigenvalue weighted by atomic mass is 32.2. The highest BCUT2D eigenvalue weighted by molar-refractivity contribution is 8.02. The Morgan fingerprint density at radius 3 is 2.85 bits per heavy atom. The minimum absolute atomic E-state index is 0.0899. The first-order valence-corrected chi connectivity index (χ1v) is 11.0. The van der Waals surface area contributed by atoms with Gasteiger partial charge in [0, 0.05) is 17.2 Å². The first-order chi connectivity index (χ1) is 13.2. The van der Waals surface area contributed by atoms with E-state index in [-0.39, 0.29) is 11.8 Å². The van der Waals surface area contributed by atoms with Crippen LogP contribution in [0.4, 0.5) is 0 Å². The number of rotatable bonds is 4. The van der Waals surface area contributed by atoms with Crippen LogP contribution < -0.4 is 4.90 Å². The van der Waals surface area contributed by atoms with Crippen molar-refractivity contribution in [3.63, 3.8) is 0 Å². The van der Waals surface area contributed by atoms with E-state index in [1.165, 1.54) is 9.80 Å². The summed E-state index contributed by atoms with van der Waals surface area (Å²) >= 11 is 3.28. The van der Waals surface area contributed by atoms with E-state index in [0.717, 1.165) is 28.8 Å². The Bertz CT molecular complexity index is 900. The van der Waals surface area contributed by atoms with Gasteiger partial charge in [0.2, 0.25) is 5.91 Å². The number of nitriles is 1. The van der Waals surface area contributed by atoms with Crippen molar-refractivity contribution in [1.82, 2.24) is 4.90 Å². The van der Waals surface area contributed by atoms with E-state index in [2.05, 4.69) is 18.2 Å². The second-order valence-corrected chi connectivity index (χ2v) is 8.48. The maximum atomic E-state index is 12.9. The molecule has 7 heteroatoms. The Morgan fingerprint density at radius 2 is 2.19 bits per heavy atom. The molecule has 1 saturated heterocycles. The van der Waals surface area contributed by atoms with Crippen LogP contribution in [0.1, 0.15) is 23.7 Å². The number of carbonyl (C=O) groups is 1. The lowest BCUT2D eigenvalue weighted by Crippen LogP contribution is -3.12. The van der Waals surface area contributed by atoms with Gasteiger partial charge < -0.3 is 9.32 Å². The number of hydrogen-bond acceptors (Lipinski definition) is 5. The van der Waals surface area contributed by atoms with Crippen molar-refractivity contribution in [3.8, 4) is 6.07 Å². The first-order valence-electron chi connectivity index (χ1n) is 8.77. The molecule has 138 valence electrons. The van der Waals surface area contributed by atoms with Crippen LogP contribution in [0.5, 0.6) is 0 Å². The number of quaternary nitrogens is 1. The largest absolute Gasteiger partial charge is 0.463 e. The fourth-order valence-electron chi connectivity index (χ4n) is 3.56. The smallest absolute Gasteiger partial charge is 0.232 e. The van der Waals surface area contributed by atoms with Gasteiger partial charge in [0.15, 0.2) is 12.4 Å². The van der Waals surface area contributed by atoms with E-state index in [1.54, 1.807) is 34.7 Å². The molecule has 0 spiro atoms. The Morgan fingerprint density at radius 1 is 1.37 bits per heavy atom. The topological polar surface area (TPSA) is 61.7 Å². The SMILES string of the molecule is CSc1ccc([C@H]2CC(=O)N3C[NH+](Cc4ccco4)CSC3=C2C#N)cc1. The molecule has 1 aromatic carbocycles. The van der Waals surface area contributed by atoms with Crippen LogP contribution in [0.25, 0.3) is 0 Å². The summed E-state index contributed by atoms with van der Waals surface area (Å²) in [6.45, 7) is 1.31. The number of nitrogens with zero attached hydrogens (tertiary/aromatic N) is 2. The van der Waals surface area contributed by atoms with Crippen LogP contribution in [-0.2, 0) is 11.3 Å². The minimum atomic E-state index is -0.149. The monoisotopic (exact) mass is 398 g/mol. The molecule has 4 rings (SSSR count). The minimum Gasteiger partial charge on any atom is -0.463 e. The number of fused-ring (bicyclic) bond motifs is 1. The van der Waals surface area contributed by atoms with Gasteiger partial charge in [0.05, 0.1) is 17.9 Å². The van der Waals surface area contributed by atoms with Crippen molar-refractivity contribution in [1.29, 1.82) is 5.26 Å². The molecule has 2 atom stereocenters. The van der Waals surface area contributed by atoms with E-state index in [1.807, 2.05) is 30.5 Å². The number of hydrogen-bond donors (Lipinski definition) is 1. The number of furan rings is 1. The zero-order chi connectivity index (χ0) is 18.8. The van der Waals surface area contributed by atoms with E-state index in [0.29, 0.717) is 18.7 Å². The van der Waals surface area contributed by atoms with Gasteiger partial charge in [0.25, 0.3) is 0 Å². The molecule has 0 saturated carbocycles. The second kappa shape index (κ2) is 7.85. The van der Waals surface area contributed by atoms with Gasteiger partial charge in [-0.25, -0.2) is 0 Å². The third-order valence-corrected chi connectivity index (χ3v) is 6.95. The Balaban J connectivity index is 1.59. The van der Waals surface area contributed by atoms with Crippen molar-refractivity contribution >= 4 is 29.4 Å². The number of benzene rings is 1.